The Morgan fingerprint density at radius 3 is 2.94 bits per heavy atom. The first-order valence-corrected chi connectivity index (χ1v) is 12.2. The Hall–Kier alpha value is -3.25. The van der Waals surface area contributed by atoms with Crippen molar-refractivity contribution in [2.45, 2.75) is 50.2 Å². The van der Waals surface area contributed by atoms with E-state index in [0.29, 0.717) is 24.6 Å². The number of hydrogen-bond acceptors (Lipinski definition) is 7. The van der Waals surface area contributed by atoms with Crippen molar-refractivity contribution < 1.29 is 9.53 Å². The zero-order valence-electron chi connectivity index (χ0n) is 19.3. The molecule has 8 nitrogen and oxygen atoms in total. The summed E-state index contributed by atoms with van der Waals surface area (Å²) < 4.78 is 5.53. The van der Waals surface area contributed by atoms with E-state index >= 15 is 0 Å². The van der Waals surface area contributed by atoms with Crippen molar-refractivity contribution in [3.8, 4) is 17.3 Å². The van der Waals surface area contributed by atoms with Gasteiger partial charge in [0.1, 0.15) is 5.60 Å². The van der Waals surface area contributed by atoms with E-state index in [9.17, 15) is 10.1 Å². The molecule has 1 aliphatic heterocycles. The number of anilines is 1. The quantitative estimate of drug-likeness (QED) is 0.522. The van der Waals surface area contributed by atoms with E-state index < -0.39 is 5.60 Å². The number of amides is 1. The number of nitrogens with one attached hydrogen (secondary N) is 2. The van der Waals surface area contributed by atoms with Gasteiger partial charge in [-0.25, -0.2) is 14.8 Å². The van der Waals surface area contributed by atoms with Gasteiger partial charge in [-0.2, -0.15) is 5.26 Å². The SMILES string of the molecule is CSc1cnc(N[C@H]2CCCN(C(=O)OC(C)(C)C)C2)nc1-c1c[nH]c2cc(C#N)ccc12. The molecule has 0 unspecified atom stereocenters. The summed E-state index contributed by atoms with van der Waals surface area (Å²) in [7, 11) is 0. The molecule has 1 amide bonds. The molecule has 0 radical (unpaired) electrons. The third-order valence-corrected chi connectivity index (χ3v) is 6.19. The Labute approximate surface area is 197 Å². The molecule has 1 aromatic carbocycles. The maximum absolute atomic E-state index is 12.5. The van der Waals surface area contributed by atoms with Crippen molar-refractivity contribution in [1.29, 1.82) is 5.26 Å². The van der Waals surface area contributed by atoms with Crippen molar-refractivity contribution in [2.24, 2.45) is 0 Å². The summed E-state index contributed by atoms with van der Waals surface area (Å²) in [5.41, 5.74) is 2.78. The molecule has 0 aliphatic carbocycles. The zero-order chi connectivity index (χ0) is 23.6. The summed E-state index contributed by atoms with van der Waals surface area (Å²) in [5.74, 6) is 0.529. The number of nitriles is 1. The molecule has 0 spiro atoms. The summed E-state index contributed by atoms with van der Waals surface area (Å²) in [6.45, 7) is 6.85. The molecular weight excluding hydrogens is 436 g/mol. The van der Waals surface area contributed by atoms with Gasteiger partial charge in [0.15, 0.2) is 0 Å². The molecule has 1 saturated heterocycles. The number of ether oxygens (including phenoxy) is 1. The van der Waals surface area contributed by atoms with Gasteiger partial charge in [0, 0.05) is 48.0 Å². The molecule has 172 valence electrons. The van der Waals surface area contributed by atoms with Gasteiger partial charge in [-0.3, -0.25) is 0 Å². The first kappa shape index (κ1) is 22.9. The second kappa shape index (κ2) is 9.32. The van der Waals surface area contributed by atoms with Gasteiger partial charge in [0.25, 0.3) is 0 Å². The number of likely N-dealkylation sites (tertiary alicyclic amines) is 1. The zero-order valence-corrected chi connectivity index (χ0v) is 20.1. The van der Waals surface area contributed by atoms with Gasteiger partial charge in [-0.1, -0.05) is 6.07 Å². The first-order chi connectivity index (χ1) is 15.8. The van der Waals surface area contributed by atoms with Gasteiger partial charge in [0.2, 0.25) is 5.95 Å². The minimum Gasteiger partial charge on any atom is -0.444 e. The van der Waals surface area contributed by atoms with Crippen molar-refractivity contribution in [3.63, 3.8) is 0 Å². The fraction of sp³-hybridized carbons (Fsp3) is 0.417. The Morgan fingerprint density at radius 2 is 2.21 bits per heavy atom. The van der Waals surface area contributed by atoms with E-state index in [1.54, 1.807) is 16.7 Å². The third kappa shape index (κ3) is 5.22. The molecule has 3 heterocycles. The number of aromatic amines is 1. The molecule has 2 N–H and O–H groups in total. The predicted octanol–water partition coefficient (Wildman–Crippen LogP) is 5.03. The van der Waals surface area contributed by atoms with Crippen molar-refractivity contribution in [1.82, 2.24) is 19.9 Å². The van der Waals surface area contributed by atoms with Gasteiger partial charge < -0.3 is 19.9 Å². The Balaban J connectivity index is 1.56. The second-order valence-electron chi connectivity index (χ2n) is 9.09. The van der Waals surface area contributed by atoms with Crippen LogP contribution in [0.3, 0.4) is 0 Å². The molecule has 2 aromatic heterocycles. The lowest BCUT2D eigenvalue weighted by Gasteiger charge is -2.34. The van der Waals surface area contributed by atoms with Crippen molar-refractivity contribution in [2.75, 3.05) is 24.7 Å². The fourth-order valence-electron chi connectivity index (χ4n) is 3.94. The first-order valence-electron chi connectivity index (χ1n) is 10.9. The summed E-state index contributed by atoms with van der Waals surface area (Å²) in [5, 5.41) is 13.6. The van der Waals surface area contributed by atoms with Crippen LogP contribution >= 0.6 is 11.8 Å². The summed E-state index contributed by atoms with van der Waals surface area (Å²) >= 11 is 1.59. The highest BCUT2D eigenvalue weighted by Crippen LogP contribution is 2.34. The lowest BCUT2D eigenvalue weighted by atomic mass is 10.1. The number of thioether (sulfide) groups is 1. The number of carbonyl (C=O) groups is 1. The largest absolute Gasteiger partial charge is 0.444 e. The number of hydrogen-bond donors (Lipinski definition) is 2. The van der Waals surface area contributed by atoms with Crippen LogP contribution < -0.4 is 5.32 Å². The molecule has 4 rings (SSSR count). The highest BCUT2D eigenvalue weighted by Gasteiger charge is 2.28. The molecule has 1 fully saturated rings. The van der Waals surface area contributed by atoms with Crippen LogP contribution in [0.4, 0.5) is 10.7 Å². The van der Waals surface area contributed by atoms with Crippen LogP contribution in [0, 0.1) is 11.3 Å². The molecule has 33 heavy (non-hydrogen) atoms. The van der Waals surface area contributed by atoms with Crippen LogP contribution in [-0.2, 0) is 4.74 Å². The number of piperidine rings is 1. The Bertz CT molecular complexity index is 1210. The summed E-state index contributed by atoms with van der Waals surface area (Å²) in [6, 6.07) is 7.81. The number of carbonyl (C=O) groups excluding carboxylic acids is 1. The lowest BCUT2D eigenvalue weighted by Crippen LogP contribution is -2.47. The average Bonchev–Trinajstić information content (AvgIpc) is 3.21. The van der Waals surface area contributed by atoms with Crippen LogP contribution in [-0.4, -0.2) is 56.9 Å². The maximum Gasteiger partial charge on any atom is 0.410 e. The van der Waals surface area contributed by atoms with Crippen LogP contribution in [0.15, 0.2) is 35.5 Å². The third-order valence-electron chi connectivity index (χ3n) is 5.45. The highest BCUT2D eigenvalue weighted by atomic mass is 32.2. The summed E-state index contributed by atoms with van der Waals surface area (Å²) in [4.78, 5) is 27.8. The monoisotopic (exact) mass is 464 g/mol. The van der Waals surface area contributed by atoms with Gasteiger partial charge in [-0.05, 0) is 52.0 Å². The van der Waals surface area contributed by atoms with Crippen LogP contribution in [0.25, 0.3) is 22.2 Å². The fourth-order valence-corrected chi connectivity index (χ4v) is 4.45. The van der Waals surface area contributed by atoms with E-state index in [4.69, 9.17) is 9.72 Å². The standard InChI is InChI=1S/C24H28N6O2S/c1-24(2,3)32-23(31)30-9-5-6-16(14-30)28-22-27-13-20(33-4)21(29-22)18-12-26-19-10-15(11-25)7-8-17(18)19/h7-8,10,12-13,16,26H,5-6,9,14H2,1-4H3,(H,27,28,29)/t16-/m0/s1. The molecule has 3 aromatic rings. The van der Waals surface area contributed by atoms with Gasteiger partial charge in [-0.15, -0.1) is 11.8 Å². The van der Waals surface area contributed by atoms with E-state index in [0.717, 1.165) is 39.9 Å². The number of rotatable bonds is 4. The molecule has 1 aliphatic rings. The van der Waals surface area contributed by atoms with Crippen LogP contribution in [0.5, 0.6) is 0 Å². The van der Waals surface area contributed by atoms with Gasteiger partial charge in [0.05, 0.1) is 22.2 Å². The molecular formula is C24H28N6O2S. The van der Waals surface area contributed by atoms with E-state index in [2.05, 4.69) is 21.4 Å². The maximum atomic E-state index is 12.5. The molecule has 1 atom stereocenters. The molecule has 9 heteroatoms. The van der Waals surface area contributed by atoms with Gasteiger partial charge >= 0.3 is 6.09 Å². The predicted molar refractivity (Wildman–Crippen MR) is 130 cm³/mol. The number of benzene rings is 1. The van der Waals surface area contributed by atoms with E-state index in [1.165, 1.54) is 0 Å². The topological polar surface area (TPSA) is 107 Å². The van der Waals surface area contributed by atoms with Crippen LogP contribution in [0.1, 0.15) is 39.2 Å². The minimum absolute atomic E-state index is 0.0420. The van der Waals surface area contributed by atoms with E-state index in [1.807, 2.05) is 57.6 Å². The molecule has 0 bridgehead atoms. The highest BCUT2D eigenvalue weighted by molar-refractivity contribution is 7.98. The number of aromatic nitrogens is 3. The van der Waals surface area contributed by atoms with Crippen molar-refractivity contribution >= 4 is 34.7 Å². The van der Waals surface area contributed by atoms with E-state index in [-0.39, 0.29) is 12.1 Å². The number of fused-ring (bicyclic) bond motifs is 1. The molecule has 0 saturated carbocycles. The van der Waals surface area contributed by atoms with Crippen LogP contribution in [0.2, 0.25) is 0 Å². The minimum atomic E-state index is -0.517. The number of H-pyrrole nitrogens is 1. The second-order valence-corrected chi connectivity index (χ2v) is 9.94. The lowest BCUT2D eigenvalue weighted by molar-refractivity contribution is 0.0206. The normalized spacial score (nSPS) is 16.5. The smallest absolute Gasteiger partial charge is 0.410 e. The summed E-state index contributed by atoms with van der Waals surface area (Å²) in [6.07, 6.45) is 7.26. The average molecular weight is 465 g/mol. The Kier molecular flexibility index (Phi) is 6.47. The number of nitrogens with zero attached hydrogens (tertiary/aromatic N) is 4. The van der Waals surface area contributed by atoms with Crippen molar-refractivity contribution in [3.05, 3.63) is 36.2 Å². The Morgan fingerprint density at radius 1 is 1.39 bits per heavy atom.